The molecule has 2 aromatic rings. The minimum Gasteiger partial charge on any atom is -0.352 e. The summed E-state index contributed by atoms with van der Waals surface area (Å²) in [7, 11) is -3.33. The van der Waals surface area contributed by atoms with Crippen molar-refractivity contribution in [2.24, 2.45) is 0 Å². The van der Waals surface area contributed by atoms with Crippen molar-refractivity contribution >= 4 is 27.4 Å². The van der Waals surface area contributed by atoms with Crippen molar-refractivity contribution < 1.29 is 8.42 Å². The number of anilines is 1. The summed E-state index contributed by atoms with van der Waals surface area (Å²) in [5.41, 5.74) is 1.61. The smallest absolute Gasteiger partial charge is 0.218 e. The van der Waals surface area contributed by atoms with Gasteiger partial charge in [-0.2, -0.15) is 9.40 Å². The van der Waals surface area contributed by atoms with Crippen LogP contribution < -0.4 is 4.90 Å². The highest BCUT2D eigenvalue weighted by molar-refractivity contribution is 7.88. The molecule has 0 N–H and O–H groups in total. The quantitative estimate of drug-likeness (QED) is 0.828. The summed E-state index contributed by atoms with van der Waals surface area (Å²) >= 11 is 5.84. The number of halogens is 1. The highest BCUT2D eigenvalue weighted by atomic mass is 35.5. The molecule has 0 bridgehead atoms. The van der Waals surface area contributed by atoms with E-state index in [1.807, 2.05) is 19.1 Å². The molecule has 24 heavy (non-hydrogen) atoms. The number of benzene rings is 1. The second-order valence-corrected chi connectivity index (χ2v) is 8.21. The van der Waals surface area contributed by atoms with E-state index in [0.717, 1.165) is 17.1 Å². The minimum absolute atomic E-state index is 0.00545. The molecule has 0 atom stereocenters. The van der Waals surface area contributed by atoms with E-state index in [-0.39, 0.29) is 5.75 Å². The number of piperazine rings is 1. The van der Waals surface area contributed by atoms with Crippen LogP contribution in [0.3, 0.4) is 0 Å². The lowest BCUT2D eigenvalue weighted by atomic mass is 10.2. The first-order chi connectivity index (χ1) is 11.4. The summed E-state index contributed by atoms with van der Waals surface area (Å²) in [6.07, 6.45) is 0. The van der Waals surface area contributed by atoms with Crippen LogP contribution in [0.4, 0.5) is 5.82 Å². The van der Waals surface area contributed by atoms with Crippen LogP contribution >= 0.6 is 11.6 Å². The van der Waals surface area contributed by atoms with Crippen LogP contribution in [0.25, 0.3) is 0 Å². The summed E-state index contributed by atoms with van der Waals surface area (Å²) in [5, 5.41) is 8.81. The molecule has 0 radical (unpaired) electrons. The lowest BCUT2D eigenvalue weighted by Gasteiger charge is -2.34. The molecule has 1 fully saturated rings. The van der Waals surface area contributed by atoms with Gasteiger partial charge in [0, 0.05) is 31.2 Å². The number of sulfonamides is 1. The fraction of sp³-hybridized carbons (Fsp3) is 0.375. The first-order valence-corrected chi connectivity index (χ1v) is 9.70. The third-order valence-corrected chi connectivity index (χ3v) is 6.10. The Balaban J connectivity index is 1.62. The Labute approximate surface area is 147 Å². The van der Waals surface area contributed by atoms with Gasteiger partial charge in [-0.1, -0.05) is 23.7 Å². The molecule has 1 saturated heterocycles. The summed E-state index contributed by atoms with van der Waals surface area (Å²) in [6, 6.07) is 10.7. The van der Waals surface area contributed by atoms with Gasteiger partial charge >= 0.3 is 0 Å². The third kappa shape index (κ3) is 4.03. The number of hydrogen-bond donors (Lipinski definition) is 0. The van der Waals surface area contributed by atoms with Crippen LogP contribution in [0.5, 0.6) is 0 Å². The van der Waals surface area contributed by atoms with Crippen molar-refractivity contribution in [3.63, 3.8) is 0 Å². The second-order valence-electron chi connectivity index (χ2n) is 5.80. The van der Waals surface area contributed by atoms with Crippen molar-refractivity contribution in [1.82, 2.24) is 14.5 Å². The van der Waals surface area contributed by atoms with Crippen LogP contribution in [0.1, 0.15) is 11.3 Å². The second kappa shape index (κ2) is 7.04. The Kier molecular flexibility index (Phi) is 5.03. The van der Waals surface area contributed by atoms with Gasteiger partial charge in [-0.15, -0.1) is 5.10 Å². The zero-order chi connectivity index (χ0) is 17.2. The van der Waals surface area contributed by atoms with Gasteiger partial charge < -0.3 is 4.90 Å². The van der Waals surface area contributed by atoms with Gasteiger partial charge in [0.15, 0.2) is 5.82 Å². The van der Waals surface area contributed by atoms with E-state index < -0.39 is 10.0 Å². The first kappa shape index (κ1) is 17.1. The average Bonchev–Trinajstić information content (AvgIpc) is 2.58. The van der Waals surface area contributed by atoms with E-state index in [4.69, 9.17) is 11.6 Å². The van der Waals surface area contributed by atoms with Gasteiger partial charge in [0.1, 0.15) is 0 Å². The van der Waals surface area contributed by atoms with Crippen molar-refractivity contribution in [2.75, 3.05) is 31.1 Å². The van der Waals surface area contributed by atoms with E-state index >= 15 is 0 Å². The normalized spacial score (nSPS) is 16.3. The number of aromatic nitrogens is 2. The SMILES string of the molecule is Cc1ccc(N2CCN(S(=O)(=O)Cc3ccc(Cl)cc3)CC2)nn1. The van der Waals surface area contributed by atoms with Crippen molar-refractivity contribution in [3.8, 4) is 0 Å². The minimum atomic E-state index is -3.33. The Morgan fingerprint density at radius 2 is 1.67 bits per heavy atom. The molecule has 0 spiro atoms. The van der Waals surface area contributed by atoms with Crippen LogP contribution in [0, 0.1) is 6.92 Å². The standard InChI is InChI=1S/C16H19ClN4O2S/c1-13-2-7-16(19-18-13)20-8-10-21(11-9-20)24(22,23)12-14-3-5-15(17)6-4-14/h2-7H,8-12H2,1H3. The molecule has 128 valence electrons. The zero-order valence-corrected chi connectivity index (χ0v) is 15.0. The molecule has 2 heterocycles. The Morgan fingerprint density at radius 3 is 2.25 bits per heavy atom. The molecule has 0 saturated carbocycles. The van der Waals surface area contributed by atoms with Gasteiger partial charge in [-0.3, -0.25) is 0 Å². The molecule has 0 unspecified atom stereocenters. The lowest BCUT2D eigenvalue weighted by Crippen LogP contribution is -2.49. The van der Waals surface area contributed by atoms with Crippen LogP contribution in [-0.2, 0) is 15.8 Å². The molecular weight excluding hydrogens is 348 g/mol. The third-order valence-electron chi connectivity index (χ3n) is 4.00. The van der Waals surface area contributed by atoms with Crippen molar-refractivity contribution in [1.29, 1.82) is 0 Å². The molecule has 1 aliphatic heterocycles. The van der Waals surface area contributed by atoms with Gasteiger partial charge in [0.25, 0.3) is 0 Å². The van der Waals surface area contributed by atoms with Gasteiger partial charge in [0.05, 0.1) is 11.4 Å². The largest absolute Gasteiger partial charge is 0.352 e. The summed E-state index contributed by atoms with van der Waals surface area (Å²) in [5.74, 6) is 0.782. The number of rotatable bonds is 4. The fourth-order valence-corrected chi connectivity index (χ4v) is 4.28. The fourth-order valence-electron chi connectivity index (χ4n) is 2.64. The predicted molar refractivity (Wildman–Crippen MR) is 94.6 cm³/mol. The number of hydrogen-bond acceptors (Lipinski definition) is 5. The topological polar surface area (TPSA) is 66.4 Å². The Morgan fingerprint density at radius 1 is 1.00 bits per heavy atom. The molecule has 8 heteroatoms. The van der Waals surface area contributed by atoms with Gasteiger partial charge in [-0.25, -0.2) is 8.42 Å². The molecule has 1 aliphatic rings. The molecule has 1 aromatic carbocycles. The summed E-state index contributed by atoms with van der Waals surface area (Å²) < 4.78 is 26.7. The maximum absolute atomic E-state index is 12.6. The molecule has 3 rings (SSSR count). The number of aryl methyl sites for hydroxylation is 1. The maximum atomic E-state index is 12.6. The molecule has 0 amide bonds. The summed E-state index contributed by atoms with van der Waals surface area (Å²) in [6.45, 7) is 4.00. The van der Waals surface area contributed by atoms with E-state index in [1.165, 1.54) is 0 Å². The Hall–Kier alpha value is -1.70. The van der Waals surface area contributed by atoms with Crippen LogP contribution in [-0.4, -0.2) is 49.1 Å². The van der Waals surface area contributed by atoms with Crippen molar-refractivity contribution in [3.05, 3.63) is 52.7 Å². The van der Waals surface area contributed by atoms with Crippen LogP contribution in [0.15, 0.2) is 36.4 Å². The lowest BCUT2D eigenvalue weighted by molar-refractivity contribution is 0.383. The van der Waals surface area contributed by atoms with Crippen LogP contribution in [0.2, 0.25) is 5.02 Å². The molecular formula is C16H19ClN4O2S. The Bertz CT molecular complexity index is 786. The van der Waals surface area contributed by atoms with E-state index in [2.05, 4.69) is 15.1 Å². The van der Waals surface area contributed by atoms with Gasteiger partial charge in [-0.05, 0) is 36.8 Å². The maximum Gasteiger partial charge on any atom is 0.218 e. The highest BCUT2D eigenvalue weighted by Gasteiger charge is 2.27. The number of nitrogens with zero attached hydrogens (tertiary/aromatic N) is 4. The zero-order valence-electron chi connectivity index (χ0n) is 13.4. The molecule has 1 aromatic heterocycles. The van der Waals surface area contributed by atoms with Gasteiger partial charge in [0.2, 0.25) is 10.0 Å². The summed E-state index contributed by atoms with van der Waals surface area (Å²) in [4.78, 5) is 2.06. The van der Waals surface area contributed by atoms with E-state index in [1.54, 1.807) is 28.6 Å². The average molecular weight is 367 g/mol. The van der Waals surface area contributed by atoms with E-state index in [0.29, 0.717) is 31.2 Å². The highest BCUT2D eigenvalue weighted by Crippen LogP contribution is 2.18. The van der Waals surface area contributed by atoms with E-state index in [9.17, 15) is 8.42 Å². The monoisotopic (exact) mass is 366 g/mol. The predicted octanol–water partition coefficient (Wildman–Crippen LogP) is 2.09. The first-order valence-electron chi connectivity index (χ1n) is 7.71. The van der Waals surface area contributed by atoms with Crippen molar-refractivity contribution in [2.45, 2.75) is 12.7 Å². The molecule has 6 nitrogen and oxygen atoms in total. The molecule has 0 aliphatic carbocycles.